The van der Waals surface area contributed by atoms with E-state index in [0.717, 1.165) is 54.8 Å². The van der Waals surface area contributed by atoms with E-state index in [0.29, 0.717) is 5.28 Å². The number of hydrogen-bond acceptors (Lipinski definition) is 3. The van der Waals surface area contributed by atoms with Crippen LogP contribution in [-0.2, 0) is 12.8 Å². The normalized spacial score (nSPS) is 36.6. The zero-order valence-electron chi connectivity index (χ0n) is 14.4. The van der Waals surface area contributed by atoms with Crippen molar-refractivity contribution >= 4 is 17.4 Å². The quantitative estimate of drug-likeness (QED) is 0.790. The van der Waals surface area contributed by atoms with Crippen LogP contribution in [0.5, 0.6) is 0 Å². The zero-order valence-corrected chi connectivity index (χ0v) is 15.2. The molecular formula is C20H28ClN3. The van der Waals surface area contributed by atoms with Gasteiger partial charge in [0.15, 0.2) is 0 Å². The molecule has 24 heavy (non-hydrogen) atoms. The van der Waals surface area contributed by atoms with E-state index < -0.39 is 0 Å². The van der Waals surface area contributed by atoms with Crippen molar-refractivity contribution in [2.45, 2.75) is 64.2 Å². The molecule has 130 valence electrons. The summed E-state index contributed by atoms with van der Waals surface area (Å²) in [5.41, 5.74) is 2.51. The number of halogens is 1. The van der Waals surface area contributed by atoms with Gasteiger partial charge in [-0.3, -0.25) is 0 Å². The van der Waals surface area contributed by atoms with E-state index in [9.17, 15) is 0 Å². The minimum Gasteiger partial charge on any atom is -0.370 e. The maximum atomic E-state index is 6.15. The van der Waals surface area contributed by atoms with Gasteiger partial charge < -0.3 is 5.32 Å². The molecule has 0 aliphatic heterocycles. The molecule has 0 radical (unpaired) electrons. The average molecular weight is 346 g/mol. The molecule has 4 fully saturated rings. The lowest BCUT2D eigenvalue weighted by molar-refractivity contribution is -0.0381. The van der Waals surface area contributed by atoms with Crippen LogP contribution in [0, 0.1) is 29.6 Å². The van der Waals surface area contributed by atoms with Crippen molar-refractivity contribution in [3.8, 4) is 0 Å². The van der Waals surface area contributed by atoms with Gasteiger partial charge >= 0.3 is 0 Å². The summed E-state index contributed by atoms with van der Waals surface area (Å²) in [5.74, 6) is 6.16. The molecule has 0 amide bonds. The Balaban J connectivity index is 1.25. The smallest absolute Gasteiger partial charge is 0.224 e. The van der Waals surface area contributed by atoms with Gasteiger partial charge in [-0.1, -0.05) is 0 Å². The predicted octanol–water partition coefficient (Wildman–Crippen LogP) is 4.88. The summed E-state index contributed by atoms with van der Waals surface area (Å²) >= 11 is 6.15. The van der Waals surface area contributed by atoms with Crippen LogP contribution in [0.2, 0.25) is 5.28 Å². The van der Waals surface area contributed by atoms with Crippen LogP contribution >= 0.6 is 11.6 Å². The van der Waals surface area contributed by atoms with Gasteiger partial charge in [-0.15, -0.1) is 0 Å². The highest BCUT2D eigenvalue weighted by molar-refractivity contribution is 6.28. The molecule has 1 aromatic heterocycles. The molecule has 6 rings (SSSR count). The SMILES string of the molecule is Clc1nc2c(c(NCCC3C4CC5CC(C4)CC3C5)n1)CCCC2. The van der Waals surface area contributed by atoms with Gasteiger partial charge in [0, 0.05) is 12.1 Å². The Morgan fingerprint density at radius 3 is 2.38 bits per heavy atom. The molecule has 0 unspecified atom stereocenters. The van der Waals surface area contributed by atoms with Gasteiger partial charge in [-0.25, -0.2) is 9.97 Å². The van der Waals surface area contributed by atoms with E-state index >= 15 is 0 Å². The standard InChI is InChI=1S/C20H28ClN3/c21-20-23-18-4-2-1-3-17(18)19(24-20)22-6-5-16-14-8-12-7-13(10-14)11-15(16)9-12/h12-16H,1-11H2,(H,22,23,24). The third-order valence-corrected chi connectivity index (χ3v) is 7.52. The van der Waals surface area contributed by atoms with E-state index in [1.54, 1.807) is 6.42 Å². The molecule has 4 saturated carbocycles. The van der Waals surface area contributed by atoms with Crippen LogP contribution in [-0.4, -0.2) is 16.5 Å². The first kappa shape index (κ1) is 15.4. The van der Waals surface area contributed by atoms with Gasteiger partial charge in [0.25, 0.3) is 0 Å². The summed E-state index contributed by atoms with van der Waals surface area (Å²) in [5, 5.41) is 4.05. The Morgan fingerprint density at radius 2 is 1.62 bits per heavy atom. The highest BCUT2D eigenvalue weighted by atomic mass is 35.5. The highest BCUT2D eigenvalue weighted by Gasteiger charge is 2.47. The number of anilines is 1. The lowest BCUT2D eigenvalue weighted by Crippen LogP contribution is -2.45. The third-order valence-electron chi connectivity index (χ3n) is 7.35. The minimum atomic E-state index is 0.410. The Morgan fingerprint density at radius 1 is 0.917 bits per heavy atom. The largest absolute Gasteiger partial charge is 0.370 e. The molecule has 0 spiro atoms. The summed E-state index contributed by atoms with van der Waals surface area (Å²) in [6.45, 7) is 1.05. The molecule has 5 aliphatic carbocycles. The molecule has 5 aliphatic rings. The summed E-state index contributed by atoms with van der Waals surface area (Å²) in [6, 6.07) is 0. The molecular weight excluding hydrogens is 318 g/mol. The van der Waals surface area contributed by atoms with E-state index in [1.165, 1.54) is 56.2 Å². The number of rotatable bonds is 4. The summed E-state index contributed by atoms with van der Waals surface area (Å²) < 4.78 is 0. The predicted molar refractivity (Wildman–Crippen MR) is 97.3 cm³/mol. The van der Waals surface area contributed by atoms with Gasteiger partial charge in [0.2, 0.25) is 5.28 Å². The Hall–Kier alpha value is -0.830. The van der Waals surface area contributed by atoms with Crippen molar-refractivity contribution in [3.63, 3.8) is 0 Å². The second kappa shape index (κ2) is 6.16. The highest BCUT2D eigenvalue weighted by Crippen LogP contribution is 2.57. The van der Waals surface area contributed by atoms with Crippen LogP contribution in [0.25, 0.3) is 0 Å². The van der Waals surface area contributed by atoms with Crippen molar-refractivity contribution in [1.29, 1.82) is 0 Å². The van der Waals surface area contributed by atoms with E-state index in [2.05, 4.69) is 15.3 Å². The molecule has 0 saturated heterocycles. The van der Waals surface area contributed by atoms with E-state index in [-0.39, 0.29) is 0 Å². The lowest BCUT2D eigenvalue weighted by Gasteiger charge is -2.54. The Bertz CT molecular complexity index is 602. The number of hydrogen-bond donors (Lipinski definition) is 1. The fraction of sp³-hybridized carbons (Fsp3) is 0.800. The summed E-state index contributed by atoms with van der Waals surface area (Å²) in [6.07, 6.45) is 13.6. The fourth-order valence-electron chi connectivity index (χ4n) is 6.58. The van der Waals surface area contributed by atoms with Crippen LogP contribution in [0.4, 0.5) is 5.82 Å². The van der Waals surface area contributed by atoms with Crippen LogP contribution in [0.15, 0.2) is 0 Å². The van der Waals surface area contributed by atoms with Gasteiger partial charge in [0.1, 0.15) is 5.82 Å². The minimum absolute atomic E-state index is 0.410. The molecule has 1 aromatic rings. The average Bonchev–Trinajstić information content (AvgIpc) is 2.56. The van der Waals surface area contributed by atoms with Crippen LogP contribution in [0.1, 0.15) is 62.6 Å². The van der Waals surface area contributed by atoms with Gasteiger partial charge in [0.05, 0.1) is 5.69 Å². The Kier molecular flexibility index (Phi) is 3.96. The first-order chi connectivity index (χ1) is 11.8. The topological polar surface area (TPSA) is 37.8 Å². The monoisotopic (exact) mass is 345 g/mol. The first-order valence-corrected chi connectivity index (χ1v) is 10.4. The molecule has 0 aromatic carbocycles. The van der Waals surface area contributed by atoms with Crippen molar-refractivity contribution in [1.82, 2.24) is 9.97 Å². The molecule has 4 heteroatoms. The summed E-state index contributed by atoms with van der Waals surface area (Å²) in [7, 11) is 0. The zero-order chi connectivity index (χ0) is 16.1. The van der Waals surface area contributed by atoms with Crippen LogP contribution < -0.4 is 5.32 Å². The lowest BCUT2D eigenvalue weighted by atomic mass is 9.51. The van der Waals surface area contributed by atoms with Crippen molar-refractivity contribution < 1.29 is 0 Å². The number of nitrogens with one attached hydrogen (secondary N) is 1. The third kappa shape index (κ3) is 2.73. The maximum absolute atomic E-state index is 6.15. The Labute approximate surface area is 150 Å². The van der Waals surface area contributed by atoms with Crippen molar-refractivity contribution in [3.05, 3.63) is 16.5 Å². The van der Waals surface area contributed by atoms with Gasteiger partial charge in [-0.05, 0) is 105 Å². The van der Waals surface area contributed by atoms with E-state index in [4.69, 9.17) is 11.6 Å². The van der Waals surface area contributed by atoms with Gasteiger partial charge in [-0.2, -0.15) is 0 Å². The second-order valence-corrected chi connectivity index (χ2v) is 9.12. The molecule has 0 atom stereocenters. The molecule has 3 nitrogen and oxygen atoms in total. The number of aryl methyl sites for hydroxylation is 1. The second-order valence-electron chi connectivity index (χ2n) is 8.78. The summed E-state index contributed by atoms with van der Waals surface area (Å²) in [4.78, 5) is 8.95. The van der Waals surface area contributed by atoms with Crippen molar-refractivity contribution in [2.24, 2.45) is 29.6 Å². The number of fused-ring (bicyclic) bond motifs is 1. The van der Waals surface area contributed by atoms with Crippen molar-refractivity contribution in [2.75, 3.05) is 11.9 Å². The number of aromatic nitrogens is 2. The van der Waals surface area contributed by atoms with E-state index in [1.807, 2.05) is 0 Å². The fourth-order valence-corrected chi connectivity index (χ4v) is 6.76. The maximum Gasteiger partial charge on any atom is 0.224 e. The molecule has 1 N–H and O–H groups in total. The molecule has 1 heterocycles. The first-order valence-electron chi connectivity index (χ1n) is 10.1. The molecule has 4 bridgehead atoms. The van der Waals surface area contributed by atoms with Crippen LogP contribution in [0.3, 0.4) is 0 Å². The number of nitrogens with zero attached hydrogens (tertiary/aromatic N) is 2.